The zero-order valence-corrected chi connectivity index (χ0v) is 10.3. The average molecular weight is 299 g/mol. The van der Waals surface area contributed by atoms with Gasteiger partial charge in [-0.3, -0.25) is 0 Å². The Kier molecular flexibility index (Phi) is 5.21. The maximum atomic E-state index is 11.1. The molecule has 1 heterocycles. The first kappa shape index (κ1) is 12.9. The van der Waals surface area contributed by atoms with E-state index in [4.69, 9.17) is 0 Å². The molecule has 0 fully saturated rings. The number of pyridine rings is 1. The van der Waals surface area contributed by atoms with E-state index in [1.54, 1.807) is 0 Å². The van der Waals surface area contributed by atoms with Crippen molar-refractivity contribution in [3.63, 3.8) is 0 Å². The normalized spacial score (nSPS) is 9.00. The second-order valence-electron chi connectivity index (χ2n) is 2.31. The van der Waals surface area contributed by atoms with Crippen LogP contribution in [0.3, 0.4) is 0 Å². The zero-order chi connectivity index (χ0) is 12.0. The van der Waals surface area contributed by atoms with Gasteiger partial charge >= 0.3 is 104 Å². The molecule has 0 saturated carbocycles. The molecule has 0 aliphatic carbocycles. The number of carbonyl (C=O) groups is 2. The van der Waals surface area contributed by atoms with E-state index in [0.29, 0.717) is 0 Å². The molecule has 1 rings (SSSR count). The van der Waals surface area contributed by atoms with E-state index < -0.39 is 45.1 Å². The first-order chi connectivity index (χ1) is 7.69. The summed E-state index contributed by atoms with van der Waals surface area (Å²) in [5.74, 6) is -1.78. The predicted molar refractivity (Wildman–Crippen MR) is 36.4 cm³/mol. The summed E-state index contributed by atoms with van der Waals surface area (Å²) in [6.07, 6.45) is 0. The van der Waals surface area contributed by atoms with Crippen molar-refractivity contribution in [2.24, 2.45) is 0 Å². The molecular weight excluding hydrogens is 296 g/mol. The molecule has 7 nitrogen and oxygen atoms in total. The van der Waals surface area contributed by atoms with E-state index in [2.05, 4.69) is 12.3 Å². The van der Waals surface area contributed by atoms with Gasteiger partial charge in [0.25, 0.3) is 0 Å². The van der Waals surface area contributed by atoms with Crippen molar-refractivity contribution < 1.29 is 57.4 Å². The van der Waals surface area contributed by atoms with Crippen molar-refractivity contribution in [2.45, 2.75) is 0 Å². The van der Waals surface area contributed by atoms with Crippen LogP contribution in [-0.2, 0) is 47.8 Å². The Morgan fingerprint density at radius 1 is 1.00 bits per heavy atom. The summed E-state index contributed by atoms with van der Waals surface area (Å²) >= 11 is -3.53. The molecule has 16 heavy (non-hydrogen) atoms. The van der Waals surface area contributed by atoms with Crippen molar-refractivity contribution in [2.75, 3.05) is 0 Å². The zero-order valence-electron chi connectivity index (χ0n) is 7.52. The Labute approximate surface area is 104 Å². The van der Waals surface area contributed by atoms with Crippen molar-refractivity contribution in [1.29, 1.82) is 0 Å². The number of carbonyl (C=O) groups excluding carboxylic acids is 2. The van der Waals surface area contributed by atoms with Gasteiger partial charge in [-0.2, -0.15) is 0 Å². The minimum absolute atomic E-state index is 0.164. The van der Waals surface area contributed by atoms with Gasteiger partial charge in [-0.15, -0.1) is 0 Å². The van der Waals surface area contributed by atoms with E-state index in [9.17, 15) is 16.9 Å². The van der Waals surface area contributed by atoms with Crippen LogP contribution in [0, 0.1) is 0 Å². The monoisotopic (exact) mass is 299 g/mol. The molecule has 0 aromatic carbocycles. The van der Waals surface area contributed by atoms with E-state index in [0.717, 1.165) is 0 Å². The van der Waals surface area contributed by atoms with Gasteiger partial charge in [-0.25, -0.2) is 0 Å². The van der Waals surface area contributed by atoms with Crippen molar-refractivity contribution in [3.8, 4) is 0 Å². The van der Waals surface area contributed by atoms with Gasteiger partial charge in [0.15, 0.2) is 0 Å². The summed E-state index contributed by atoms with van der Waals surface area (Å²) in [6.45, 7) is 0. The molecule has 1 aromatic rings. The van der Waals surface area contributed by atoms with Gasteiger partial charge in [0.2, 0.25) is 0 Å². The van der Waals surface area contributed by atoms with Crippen LogP contribution in [0.1, 0.15) is 21.0 Å². The number of aromatic nitrogens is 1. The maximum absolute atomic E-state index is 11.1. The average Bonchev–Trinajstić information content (AvgIpc) is 2.30. The summed E-state index contributed by atoms with van der Waals surface area (Å²) in [6, 6.07) is 3.96. The van der Waals surface area contributed by atoms with Crippen LogP contribution in [-0.4, -0.2) is 16.9 Å². The molecule has 0 spiro atoms. The van der Waals surface area contributed by atoms with E-state index in [1.807, 2.05) is 0 Å². The SMILES string of the molecule is [O]=[V][O]C(=O)c1cccc(C(=O)[O][V]=[O])n1. The van der Waals surface area contributed by atoms with Crippen molar-refractivity contribution >= 4 is 11.9 Å². The first-order valence-corrected chi connectivity index (χ1v) is 6.02. The Balaban J connectivity index is 2.94. The fraction of sp³-hybridized carbons (Fsp3) is 0. The Morgan fingerprint density at radius 3 is 1.81 bits per heavy atom. The van der Waals surface area contributed by atoms with Gasteiger partial charge in [0.05, 0.1) is 0 Å². The molecule has 0 unspecified atom stereocenters. The summed E-state index contributed by atoms with van der Waals surface area (Å²) in [5.41, 5.74) is -0.328. The van der Waals surface area contributed by atoms with Gasteiger partial charge < -0.3 is 0 Å². The minimum atomic E-state index is -1.76. The number of rotatable bonds is 4. The summed E-state index contributed by atoms with van der Waals surface area (Å²) < 4.78 is 28.8. The number of hydrogen-bond donors (Lipinski definition) is 0. The molecule has 0 saturated heterocycles. The molecule has 82 valence electrons. The summed E-state index contributed by atoms with van der Waals surface area (Å²) in [7, 11) is 0. The summed E-state index contributed by atoms with van der Waals surface area (Å²) in [5, 5.41) is 0. The molecule has 0 N–H and O–H groups in total. The number of nitrogens with zero attached hydrogens (tertiary/aromatic N) is 1. The molecule has 0 radical (unpaired) electrons. The van der Waals surface area contributed by atoms with Gasteiger partial charge in [-0.1, -0.05) is 0 Å². The van der Waals surface area contributed by atoms with E-state index in [1.165, 1.54) is 18.2 Å². The van der Waals surface area contributed by atoms with Gasteiger partial charge in [0, 0.05) is 0 Å². The molecule has 0 aliphatic heterocycles. The molecule has 0 aliphatic rings. The quantitative estimate of drug-likeness (QED) is 0.776. The molecule has 1 aromatic heterocycles. The Morgan fingerprint density at radius 2 is 1.44 bits per heavy atom. The van der Waals surface area contributed by atoms with Crippen molar-refractivity contribution in [1.82, 2.24) is 4.98 Å². The fourth-order valence-electron chi connectivity index (χ4n) is 0.823. The second kappa shape index (κ2) is 6.44. The fourth-order valence-corrected chi connectivity index (χ4v) is 1.33. The molecular formula is C7H3NO6V2. The topological polar surface area (TPSA) is 99.6 Å². The van der Waals surface area contributed by atoms with Crippen LogP contribution >= 0.6 is 0 Å². The van der Waals surface area contributed by atoms with E-state index >= 15 is 0 Å². The molecule has 0 bridgehead atoms. The van der Waals surface area contributed by atoms with Gasteiger partial charge in [0.1, 0.15) is 0 Å². The van der Waals surface area contributed by atoms with Crippen LogP contribution < -0.4 is 0 Å². The summed E-state index contributed by atoms with van der Waals surface area (Å²) in [4.78, 5) is 25.8. The predicted octanol–water partition coefficient (Wildman–Crippen LogP) is 0.0812. The van der Waals surface area contributed by atoms with Crippen LogP contribution in [0.15, 0.2) is 18.2 Å². The molecule has 0 atom stereocenters. The first-order valence-electron chi connectivity index (χ1n) is 3.74. The third-order valence-corrected chi connectivity index (χ3v) is 2.16. The van der Waals surface area contributed by atoms with Crippen molar-refractivity contribution in [3.05, 3.63) is 29.6 Å². The van der Waals surface area contributed by atoms with Gasteiger partial charge in [-0.05, 0) is 0 Å². The molecule has 9 heteroatoms. The Bertz CT molecular complexity index is 411. The van der Waals surface area contributed by atoms with E-state index in [-0.39, 0.29) is 11.4 Å². The standard InChI is InChI=1S/C7H5NO4.2O.2V/c9-6(10)4-2-1-3-5(8-4)7(11)12;;;;/h1-3H,(H,9,10)(H,11,12);;;;/q;;;2*+1/p-2. The van der Waals surface area contributed by atoms with Crippen LogP contribution in [0.5, 0.6) is 0 Å². The number of hydrogen-bond acceptors (Lipinski definition) is 7. The third kappa shape index (κ3) is 3.46. The van der Waals surface area contributed by atoms with Crippen LogP contribution in [0.25, 0.3) is 0 Å². The van der Waals surface area contributed by atoms with Crippen LogP contribution in [0.4, 0.5) is 0 Å². The second-order valence-corrected chi connectivity index (χ2v) is 3.35. The van der Waals surface area contributed by atoms with Crippen LogP contribution in [0.2, 0.25) is 0 Å². The third-order valence-electron chi connectivity index (χ3n) is 1.41. The Hall–Kier alpha value is -1.14. The molecule has 0 amide bonds.